The van der Waals surface area contributed by atoms with Gasteiger partial charge in [-0.2, -0.15) is 0 Å². The number of nitrogens with one attached hydrogen (secondary N) is 1. The topological polar surface area (TPSA) is 97.1 Å². The highest BCUT2D eigenvalue weighted by Gasteiger charge is 2.20. The number of aromatic nitrogens is 3. The molecule has 0 fully saturated rings. The molecule has 2 rings (SSSR count). The summed E-state index contributed by atoms with van der Waals surface area (Å²) >= 11 is 0. The summed E-state index contributed by atoms with van der Waals surface area (Å²) in [4.78, 5) is 23.0. The first-order valence-corrected chi connectivity index (χ1v) is 6.55. The van der Waals surface area contributed by atoms with Crippen molar-refractivity contribution >= 4 is 11.9 Å². The highest BCUT2D eigenvalue weighted by Crippen LogP contribution is 2.04. The van der Waals surface area contributed by atoms with Crippen LogP contribution in [0.4, 0.5) is 0 Å². The largest absolute Gasteiger partial charge is 0.480 e. The van der Waals surface area contributed by atoms with Gasteiger partial charge in [0.2, 0.25) is 5.91 Å². The molecule has 0 spiro atoms. The van der Waals surface area contributed by atoms with Gasteiger partial charge in [-0.25, -0.2) is 4.79 Å². The van der Waals surface area contributed by atoms with Gasteiger partial charge in [0.25, 0.3) is 0 Å². The Morgan fingerprint density at radius 2 is 2.05 bits per heavy atom. The SMILES string of the molecule is O=C(CCn1ccnn1)N[C@H](Cc1ccccc1)C(=O)O. The molecule has 7 heteroatoms. The number of carbonyl (C=O) groups excluding carboxylic acids is 1. The number of amides is 1. The van der Waals surface area contributed by atoms with Crippen LogP contribution in [0.1, 0.15) is 12.0 Å². The zero-order chi connectivity index (χ0) is 15.1. The molecule has 1 amide bonds. The molecule has 0 radical (unpaired) electrons. The third-order valence-corrected chi connectivity index (χ3v) is 2.96. The lowest BCUT2D eigenvalue weighted by Gasteiger charge is -2.14. The Hall–Kier alpha value is -2.70. The highest BCUT2D eigenvalue weighted by atomic mass is 16.4. The summed E-state index contributed by atoms with van der Waals surface area (Å²) in [7, 11) is 0. The van der Waals surface area contributed by atoms with Crippen molar-refractivity contribution < 1.29 is 14.7 Å². The number of carbonyl (C=O) groups is 2. The van der Waals surface area contributed by atoms with Crippen LogP contribution in [0.2, 0.25) is 0 Å². The van der Waals surface area contributed by atoms with Crippen LogP contribution in [0.15, 0.2) is 42.7 Å². The standard InChI is InChI=1S/C14H16N4O3/c19-13(6-8-18-9-7-15-17-18)16-12(14(20)21)10-11-4-2-1-3-5-11/h1-5,7,9,12H,6,8,10H2,(H,16,19)(H,20,21)/t12-/m1/s1. The molecule has 0 unspecified atom stereocenters. The van der Waals surface area contributed by atoms with E-state index in [-0.39, 0.29) is 18.7 Å². The molecule has 7 nitrogen and oxygen atoms in total. The van der Waals surface area contributed by atoms with Gasteiger partial charge in [-0.05, 0) is 5.56 Å². The smallest absolute Gasteiger partial charge is 0.326 e. The van der Waals surface area contributed by atoms with Gasteiger partial charge < -0.3 is 10.4 Å². The molecule has 1 heterocycles. The number of hydrogen-bond donors (Lipinski definition) is 2. The second kappa shape index (κ2) is 7.18. The number of benzene rings is 1. The number of aliphatic carboxylic acids is 1. The predicted octanol–water partition coefficient (Wildman–Crippen LogP) is 0.480. The predicted molar refractivity (Wildman–Crippen MR) is 74.4 cm³/mol. The third-order valence-electron chi connectivity index (χ3n) is 2.96. The molecule has 0 aliphatic heterocycles. The van der Waals surface area contributed by atoms with Crippen LogP contribution < -0.4 is 5.32 Å². The van der Waals surface area contributed by atoms with E-state index >= 15 is 0 Å². The number of carboxylic acids is 1. The van der Waals surface area contributed by atoms with Crippen LogP contribution in [0.5, 0.6) is 0 Å². The quantitative estimate of drug-likeness (QED) is 0.772. The normalized spacial score (nSPS) is 11.8. The Morgan fingerprint density at radius 1 is 1.29 bits per heavy atom. The summed E-state index contributed by atoms with van der Waals surface area (Å²) in [6.07, 6.45) is 3.58. The zero-order valence-electron chi connectivity index (χ0n) is 11.3. The third kappa shape index (κ3) is 4.72. The van der Waals surface area contributed by atoms with E-state index in [9.17, 15) is 14.7 Å². The maximum absolute atomic E-state index is 11.8. The van der Waals surface area contributed by atoms with Gasteiger partial charge in [0.15, 0.2) is 0 Å². The summed E-state index contributed by atoms with van der Waals surface area (Å²) < 4.78 is 1.52. The molecule has 2 N–H and O–H groups in total. The number of rotatable bonds is 7. The minimum atomic E-state index is -1.05. The minimum Gasteiger partial charge on any atom is -0.480 e. The number of nitrogens with zero attached hydrogens (tertiary/aromatic N) is 3. The Bertz CT molecular complexity index is 584. The monoisotopic (exact) mass is 288 g/mol. The van der Waals surface area contributed by atoms with Crippen molar-refractivity contribution in [3.63, 3.8) is 0 Å². The van der Waals surface area contributed by atoms with E-state index in [0.29, 0.717) is 6.54 Å². The summed E-state index contributed by atoms with van der Waals surface area (Å²) in [5, 5.41) is 19.1. The van der Waals surface area contributed by atoms with Gasteiger partial charge in [-0.15, -0.1) is 5.10 Å². The van der Waals surface area contributed by atoms with E-state index in [0.717, 1.165) is 5.56 Å². The van der Waals surface area contributed by atoms with Crippen LogP contribution in [0, 0.1) is 0 Å². The number of aryl methyl sites for hydroxylation is 1. The van der Waals surface area contributed by atoms with Crippen molar-refractivity contribution in [2.45, 2.75) is 25.4 Å². The molecule has 0 aliphatic carbocycles. The summed E-state index contributed by atoms with van der Waals surface area (Å²) in [6, 6.07) is 8.25. The summed E-state index contributed by atoms with van der Waals surface area (Å²) in [5.74, 6) is -1.37. The molecule has 0 saturated heterocycles. The fourth-order valence-electron chi connectivity index (χ4n) is 1.88. The second-order valence-electron chi connectivity index (χ2n) is 4.56. The van der Waals surface area contributed by atoms with Crippen LogP contribution in [-0.2, 0) is 22.6 Å². The number of hydrogen-bond acceptors (Lipinski definition) is 4. The maximum Gasteiger partial charge on any atom is 0.326 e. The van der Waals surface area contributed by atoms with Gasteiger partial charge >= 0.3 is 5.97 Å². The van der Waals surface area contributed by atoms with Crippen molar-refractivity contribution in [1.82, 2.24) is 20.3 Å². The molecule has 0 saturated carbocycles. The van der Waals surface area contributed by atoms with E-state index in [2.05, 4.69) is 15.6 Å². The van der Waals surface area contributed by atoms with Gasteiger partial charge in [-0.1, -0.05) is 35.5 Å². The van der Waals surface area contributed by atoms with Crippen LogP contribution in [-0.4, -0.2) is 38.0 Å². The van der Waals surface area contributed by atoms with E-state index in [1.807, 2.05) is 30.3 Å². The van der Waals surface area contributed by atoms with Crippen LogP contribution in [0.25, 0.3) is 0 Å². The van der Waals surface area contributed by atoms with Crippen LogP contribution in [0.3, 0.4) is 0 Å². The average molecular weight is 288 g/mol. The summed E-state index contributed by atoms with van der Waals surface area (Å²) in [6.45, 7) is 0.365. The van der Waals surface area contributed by atoms with E-state index in [4.69, 9.17) is 0 Å². The molecule has 110 valence electrons. The Kier molecular flexibility index (Phi) is 5.03. The van der Waals surface area contributed by atoms with Crippen molar-refractivity contribution in [2.24, 2.45) is 0 Å². The lowest BCUT2D eigenvalue weighted by molar-refractivity contribution is -0.141. The van der Waals surface area contributed by atoms with Crippen molar-refractivity contribution in [3.8, 4) is 0 Å². The molecule has 1 atom stereocenters. The van der Waals surface area contributed by atoms with Crippen molar-refractivity contribution in [3.05, 3.63) is 48.3 Å². The lowest BCUT2D eigenvalue weighted by atomic mass is 10.1. The molecule has 0 bridgehead atoms. The van der Waals surface area contributed by atoms with Crippen molar-refractivity contribution in [1.29, 1.82) is 0 Å². The first-order chi connectivity index (χ1) is 10.1. The molecule has 21 heavy (non-hydrogen) atoms. The second-order valence-corrected chi connectivity index (χ2v) is 4.56. The van der Waals surface area contributed by atoms with Crippen molar-refractivity contribution in [2.75, 3.05) is 0 Å². The summed E-state index contributed by atoms with van der Waals surface area (Å²) in [5.41, 5.74) is 0.862. The fourth-order valence-corrected chi connectivity index (χ4v) is 1.88. The molecule has 0 aliphatic rings. The molecule has 1 aromatic carbocycles. The van der Waals surface area contributed by atoms with E-state index in [1.165, 1.54) is 10.9 Å². The lowest BCUT2D eigenvalue weighted by Crippen LogP contribution is -2.42. The van der Waals surface area contributed by atoms with Gasteiger partial charge in [0.05, 0.1) is 12.7 Å². The first-order valence-electron chi connectivity index (χ1n) is 6.55. The fraction of sp³-hybridized carbons (Fsp3) is 0.286. The molecule has 1 aromatic heterocycles. The average Bonchev–Trinajstić information content (AvgIpc) is 2.99. The number of carboxylic acid groups (broad SMARTS) is 1. The van der Waals surface area contributed by atoms with Gasteiger partial charge in [0.1, 0.15) is 6.04 Å². The molecular weight excluding hydrogens is 272 g/mol. The Balaban J connectivity index is 1.87. The zero-order valence-corrected chi connectivity index (χ0v) is 11.3. The van der Waals surface area contributed by atoms with Crippen LogP contribution >= 0.6 is 0 Å². The molecule has 2 aromatic rings. The maximum atomic E-state index is 11.8. The van der Waals surface area contributed by atoms with E-state index < -0.39 is 12.0 Å². The Morgan fingerprint density at radius 3 is 2.67 bits per heavy atom. The highest BCUT2D eigenvalue weighted by molar-refractivity contribution is 5.83. The molecular formula is C14H16N4O3. The first kappa shape index (κ1) is 14.7. The van der Waals surface area contributed by atoms with Gasteiger partial charge in [0, 0.05) is 19.0 Å². The van der Waals surface area contributed by atoms with E-state index in [1.54, 1.807) is 6.20 Å². The van der Waals surface area contributed by atoms with Gasteiger partial charge in [-0.3, -0.25) is 9.48 Å². The minimum absolute atomic E-state index is 0.155. The Labute approximate surface area is 121 Å².